The molecule has 0 bridgehead atoms. The van der Waals surface area contributed by atoms with Crippen LogP contribution in [0.4, 0.5) is 13.2 Å². The summed E-state index contributed by atoms with van der Waals surface area (Å²) in [6.45, 7) is 1.37. The topological polar surface area (TPSA) is 42.4 Å². The molecule has 1 heterocycles. The standard InChI is InChI=1S/C10H12F3NO2S/c1-7-2-3-9(8(6-15)14-7)16-4-5-17-10(11,12)13/h2-3,15H,4-6H2,1H3. The lowest BCUT2D eigenvalue weighted by atomic mass is 10.3. The SMILES string of the molecule is Cc1ccc(OCCSC(F)(F)F)c(CO)n1. The van der Waals surface area contributed by atoms with Crippen molar-refractivity contribution in [2.45, 2.75) is 19.0 Å². The van der Waals surface area contributed by atoms with Gasteiger partial charge in [0.25, 0.3) is 0 Å². The van der Waals surface area contributed by atoms with Crippen molar-refractivity contribution in [3.63, 3.8) is 0 Å². The molecule has 1 aromatic heterocycles. The van der Waals surface area contributed by atoms with Gasteiger partial charge in [-0.1, -0.05) is 0 Å². The molecular weight excluding hydrogens is 255 g/mol. The largest absolute Gasteiger partial charge is 0.491 e. The molecule has 0 unspecified atom stereocenters. The van der Waals surface area contributed by atoms with E-state index in [2.05, 4.69) is 4.98 Å². The summed E-state index contributed by atoms with van der Waals surface area (Å²) in [5.41, 5.74) is -3.19. The van der Waals surface area contributed by atoms with Crippen LogP contribution >= 0.6 is 11.8 Å². The Morgan fingerprint density at radius 1 is 1.41 bits per heavy atom. The van der Waals surface area contributed by atoms with E-state index in [9.17, 15) is 13.2 Å². The molecule has 0 amide bonds. The minimum Gasteiger partial charge on any atom is -0.491 e. The van der Waals surface area contributed by atoms with Crippen molar-refractivity contribution in [1.29, 1.82) is 0 Å². The fourth-order valence-corrected chi connectivity index (χ4v) is 1.55. The quantitative estimate of drug-likeness (QED) is 0.832. The molecular formula is C10H12F3NO2S. The Bertz CT molecular complexity index is 371. The van der Waals surface area contributed by atoms with Gasteiger partial charge in [0.05, 0.1) is 13.2 Å². The van der Waals surface area contributed by atoms with Crippen molar-refractivity contribution in [2.24, 2.45) is 0 Å². The highest BCUT2D eigenvalue weighted by Gasteiger charge is 2.27. The second-order valence-electron chi connectivity index (χ2n) is 3.20. The molecule has 1 N–H and O–H groups in total. The average Bonchev–Trinajstić information content (AvgIpc) is 2.24. The zero-order chi connectivity index (χ0) is 12.9. The molecule has 3 nitrogen and oxygen atoms in total. The number of halogens is 3. The van der Waals surface area contributed by atoms with Crippen molar-refractivity contribution in [1.82, 2.24) is 4.98 Å². The number of ether oxygens (including phenoxy) is 1. The van der Waals surface area contributed by atoms with Crippen LogP contribution < -0.4 is 4.74 Å². The Hall–Kier alpha value is -0.950. The van der Waals surface area contributed by atoms with Gasteiger partial charge in [-0.3, -0.25) is 4.98 Å². The smallest absolute Gasteiger partial charge is 0.441 e. The lowest BCUT2D eigenvalue weighted by molar-refractivity contribution is -0.0329. The number of nitrogens with zero attached hydrogens (tertiary/aromatic N) is 1. The molecule has 1 aromatic rings. The minimum atomic E-state index is -4.24. The number of aliphatic hydroxyl groups excluding tert-OH is 1. The number of pyridine rings is 1. The average molecular weight is 267 g/mol. The van der Waals surface area contributed by atoms with Crippen LogP contribution in [0.2, 0.25) is 0 Å². The highest BCUT2D eigenvalue weighted by molar-refractivity contribution is 8.00. The van der Waals surface area contributed by atoms with Crippen molar-refractivity contribution in [3.8, 4) is 5.75 Å². The molecule has 0 aliphatic rings. The first-order valence-electron chi connectivity index (χ1n) is 4.83. The van der Waals surface area contributed by atoms with E-state index >= 15 is 0 Å². The summed E-state index contributed by atoms with van der Waals surface area (Å²) in [5.74, 6) is 0.128. The van der Waals surface area contributed by atoms with Gasteiger partial charge >= 0.3 is 5.51 Å². The summed E-state index contributed by atoms with van der Waals surface area (Å²) in [4.78, 5) is 4.02. The van der Waals surface area contributed by atoms with Gasteiger partial charge in [0.15, 0.2) is 0 Å². The molecule has 0 saturated heterocycles. The third kappa shape index (κ3) is 5.27. The molecule has 96 valence electrons. The Balaban J connectivity index is 2.46. The Morgan fingerprint density at radius 3 is 2.71 bits per heavy atom. The van der Waals surface area contributed by atoms with Crippen LogP contribution in [0.25, 0.3) is 0 Å². The second-order valence-corrected chi connectivity index (χ2v) is 4.36. The first-order chi connectivity index (χ1) is 7.92. The summed E-state index contributed by atoms with van der Waals surface area (Å²) < 4.78 is 40.6. The van der Waals surface area contributed by atoms with Crippen molar-refractivity contribution < 1.29 is 23.0 Å². The van der Waals surface area contributed by atoms with Gasteiger partial charge in [0.1, 0.15) is 11.4 Å². The minimum absolute atomic E-state index is 0.0814. The zero-order valence-corrected chi connectivity index (χ0v) is 9.94. The van der Waals surface area contributed by atoms with E-state index in [1.807, 2.05) is 0 Å². The van der Waals surface area contributed by atoms with E-state index in [1.165, 1.54) is 0 Å². The number of thioether (sulfide) groups is 1. The molecule has 17 heavy (non-hydrogen) atoms. The van der Waals surface area contributed by atoms with E-state index in [0.29, 0.717) is 17.1 Å². The number of hydrogen-bond donors (Lipinski definition) is 1. The van der Waals surface area contributed by atoms with Crippen LogP contribution in [0.1, 0.15) is 11.4 Å². The molecule has 0 fully saturated rings. The van der Waals surface area contributed by atoms with Gasteiger partial charge in [-0.15, -0.1) is 0 Å². The van der Waals surface area contributed by atoms with Crippen LogP contribution in [0.5, 0.6) is 5.75 Å². The molecule has 0 aromatic carbocycles. The van der Waals surface area contributed by atoms with Crippen LogP contribution in [0, 0.1) is 6.92 Å². The van der Waals surface area contributed by atoms with Gasteiger partial charge in [-0.25, -0.2) is 0 Å². The van der Waals surface area contributed by atoms with E-state index in [4.69, 9.17) is 9.84 Å². The number of aryl methyl sites for hydroxylation is 1. The number of hydrogen-bond acceptors (Lipinski definition) is 4. The predicted molar refractivity (Wildman–Crippen MR) is 58.9 cm³/mol. The van der Waals surface area contributed by atoms with E-state index in [-0.39, 0.29) is 30.7 Å². The molecule has 0 spiro atoms. The number of alkyl halides is 3. The maximum absolute atomic E-state index is 11.8. The maximum Gasteiger partial charge on any atom is 0.441 e. The summed E-state index contributed by atoms with van der Waals surface area (Å²) in [6, 6.07) is 3.26. The van der Waals surface area contributed by atoms with Gasteiger partial charge in [-0.2, -0.15) is 13.2 Å². The molecule has 7 heteroatoms. The van der Waals surface area contributed by atoms with Crippen LogP contribution in [0.3, 0.4) is 0 Å². The number of aromatic nitrogens is 1. The van der Waals surface area contributed by atoms with E-state index in [0.717, 1.165) is 0 Å². The summed E-state index contributed by atoms with van der Waals surface area (Å²) in [5, 5.41) is 9.00. The van der Waals surface area contributed by atoms with Gasteiger partial charge < -0.3 is 9.84 Å². The monoisotopic (exact) mass is 267 g/mol. The van der Waals surface area contributed by atoms with Crippen molar-refractivity contribution in [3.05, 3.63) is 23.5 Å². The Morgan fingerprint density at radius 2 is 2.12 bits per heavy atom. The normalized spacial score (nSPS) is 11.6. The zero-order valence-electron chi connectivity index (χ0n) is 9.12. The molecule has 0 saturated carbocycles. The summed E-state index contributed by atoms with van der Waals surface area (Å²) in [7, 11) is 0. The molecule has 0 aliphatic carbocycles. The van der Waals surface area contributed by atoms with Gasteiger partial charge in [-0.05, 0) is 30.8 Å². The highest BCUT2D eigenvalue weighted by atomic mass is 32.2. The van der Waals surface area contributed by atoms with Crippen LogP contribution in [-0.2, 0) is 6.61 Å². The van der Waals surface area contributed by atoms with Crippen molar-refractivity contribution >= 4 is 11.8 Å². The number of aliphatic hydroxyl groups is 1. The first-order valence-corrected chi connectivity index (χ1v) is 5.82. The lowest BCUT2D eigenvalue weighted by Gasteiger charge is -2.10. The van der Waals surface area contributed by atoms with E-state index < -0.39 is 5.51 Å². The summed E-state index contributed by atoms with van der Waals surface area (Å²) in [6.07, 6.45) is 0. The predicted octanol–water partition coefficient (Wildman–Crippen LogP) is 2.51. The van der Waals surface area contributed by atoms with Gasteiger partial charge in [0, 0.05) is 11.4 Å². The fourth-order valence-electron chi connectivity index (χ4n) is 1.15. The molecule has 1 rings (SSSR count). The van der Waals surface area contributed by atoms with E-state index in [1.54, 1.807) is 19.1 Å². The number of rotatable bonds is 5. The molecule has 0 radical (unpaired) electrons. The van der Waals surface area contributed by atoms with Crippen LogP contribution in [-0.4, -0.2) is 28.0 Å². The third-order valence-corrected chi connectivity index (χ3v) is 2.53. The van der Waals surface area contributed by atoms with Gasteiger partial charge in [0.2, 0.25) is 0 Å². The highest BCUT2D eigenvalue weighted by Crippen LogP contribution is 2.29. The Labute approximate surface area is 101 Å². The maximum atomic E-state index is 11.8. The lowest BCUT2D eigenvalue weighted by Crippen LogP contribution is -2.09. The first kappa shape index (κ1) is 14.1. The van der Waals surface area contributed by atoms with Crippen molar-refractivity contribution in [2.75, 3.05) is 12.4 Å². The molecule has 0 aliphatic heterocycles. The fraction of sp³-hybridized carbons (Fsp3) is 0.500. The third-order valence-electron chi connectivity index (χ3n) is 1.83. The van der Waals surface area contributed by atoms with Crippen LogP contribution in [0.15, 0.2) is 12.1 Å². The second kappa shape index (κ2) is 6.11. The summed E-state index contributed by atoms with van der Waals surface area (Å²) >= 11 is -0.138. The molecule has 0 atom stereocenters. The Kier molecular flexibility index (Phi) is 5.07.